The van der Waals surface area contributed by atoms with Gasteiger partial charge in [0, 0.05) is 33.2 Å². The number of nitrogens with zero attached hydrogens (tertiary/aromatic N) is 2. The molecule has 2 heterocycles. The molecule has 0 spiro atoms. The van der Waals surface area contributed by atoms with Crippen molar-refractivity contribution in [2.24, 2.45) is 7.05 Å². The summed E-state index contributed by atoms with van der Waals surface area (Å²) in [5.41, 5.74) is 8.81. The van der Waals surface area contributed by atoms with Crippen LogP contribution in [0.5, 0.6) is 0 Å². The number of fused-ring (bicyclic) bond motifs is 3. The summed E-state index contributed by atoms with van der Waals surface area (Å²) in [6.07, 6.45) is 2.08. The molecule has 0 amide bonds. The lowest BCUT2D eigenvalue weighted by molar-refractivity contribution is -0.660. The summed E-state index contributed by atoms with van der Waals surface area (Å²) in [5.74, 6) is 0. The third-order valence-electron chi connectivity index (χ3n) is 6.74. The second-order valence-corrected chi connectivity index (χ2v) is 9.87. The Morgan fingerprint density at radius 3 is 2.09 bits per heavy atom. The van der Waals surface area contributed by atoms with E-state index < -0.39 is 0 Å². The van der Waals surface area contributed by atoms with Gasteiger partial charge in [-0.15, -0.1) is 11.3 Å². The lowest BCUT2D eigenvalue weighted by Crippen LogP contribution is -2.30. The highest BCUT2D eigenvalue weighted by atomic mass is 32.1. The highest BCUT2D eigenvalue weighted by Crippen LogP contribution is 2.44. The minimum atomic E-state index is 0.747. The number of hydrogen-bond donors (Lipinski definition) is 0. The molecular weight excluding hydrogens is 444 g/mol. The van der Waals surface area contributed by atoms with Crippen molar-refractivity contribution in [1.82, 2.24) is 0 Å². The first kappa shape index (κ1) is 21.3. The van der Waals surface area contributed by atoms with Gasteiger partial charge >= 0.3 is 0 Å². The zero-order chi connectivity index (χ0) is 23.9. The van der Waals surface area contributed by atoms with E-state index in [4.69, 9.17) is 0 Å². The van der Waals surface area contributed by atoms with Crippen LogP contribution in [0.4, 0.5) is 0 Å². The van der Waals surface area contributed by atoms with Gasteiger partial charge in [-0.2, -0.15) is 5.26 Å². The molecule has 35 heavy (non-hydrogen) atoms. The van der Waals surface area contributed by atoms with E-state index in [1.54, 1.807) is 11.3 Å². The number of aryl methyl sites for hydroxylation is 2. The Bertz CT molecular complexity index is 1750. The SMILES string of the molecule is Cc1ccc2c(sc3c(C#N)c(-c4ccc(-c5ccccc5)cc4)ccc32)c1-c1cccc[n+]1C. The molecule has 166 valence electrons. The zero-order valence-corrected chi connectivity index (χ0v) is 20.4. The van der Waals surface area contributed by atoms with Gasteiger partial charge in [-0.3, -0.25) is 0 Å². The highest BCUT2D eigenvalue weighted by Gasteiger charge is 2.21. The van der Waals surface area contributed by atoms with Gasteiger partial charge in [-0.25, -0.2) is 4.57 Å². The molecule has 2 nitrogen and oxygen atoms in total. The predicted octanol–water partition coefficient (Wildman–Crippen LogP) is 8.06. The third kappa shape index (κ3) is 3.51. The number of hydrogen-bond acceptors (Lipinski definition) is 2. The van der Waals surface area contributed by atoms with Crippen LogP contribution in [0.15, 0.2) is 103 Å². The number of pyridine rings is 1. The van der Waals surface area contributed by atoms with Gasteiger partial charge in [0.25, 0.3) is 0 Å². The van der Waals surface area contributed by atoms with Gasteiger partial charge < -0.3 is 0 Å². The Morgan fingerprint density at radius 2 is 1.34 bits per heavy atom. The second kappa shape index (κ2) is 8.51. The van der Waals surface area contributed by atoms with Gasteiger partial charge in [0.05, 0.1) is 15.8 Å². The average Bonchev–Trinajstić information content (AvgIpc) is 3.28. The minimum absolute atomic E-state index is 0.747. The highest BCUT2D eigenvalue weighted by molar-refractivity contribution is 7.26. The molecule has 2 aromatic heterocycles. The summed E-state index contributed by atoms with van der Waals surface area (Å²) in [7, 11) is 2.08. The van der Waals surface area contributed by atoms with Crippen LogP contribution in [0.3, 0.4) is 0 Å². The van der Waals surface area contributed by atoms with E-state index in [0.717, 1.165) is 26.8 Å². The molecule has 0 saturated carbocycles. The lowest BCUT2D eigenvalue weighted by Gasteiger charge is -2.08. The average molecular weight is 468 g/mol. The van der Waals surface area contributed by atoms with E-state index in [0.29, 0.717) is 0 Å². The summed E-state index contributed by atoms with van der Waals surface area (Å²) in [4.78, 5) is 0. The predicted molar refractivity (Wildman–Crippen MR) is 146 cm³/mol. The Kier molecular flexibility index (Phi) is 5.17. The van der Waals surface area contributed by atoms with E-state index in [1.165, 1.54) is 38.0 Å². The number of thiophene rings is 1. The molecule has 0 radical (unpaired) electrons. The number of aromatic nitrogens is 1. The van der Waals surface area contributed by atoms with E-state index in [9.17, 15) is 5.26 Å². The molecule has 0 N–H and O–H groups in total. The molecule has 0 aliphatic carbocycles. The Hall–Kier alpha value is -4.26. The fourth-order valence-electron chi connectivity index (χ4n) is 4.93. The maximum atomic E-state index is 10.3. The maximum Gasteiger partial charge on any atom is 0.213 e. The molecule has 0 saturated heterocycles. The van der Waals surface area contributed by atoms with Crippen molar-refractivity contribution in [3.63, 3.8) is 0 Å². The van der Waals surface area contributed by atoms with E-state index in [2.05, 4.69) is 116 Å². The Balaban J connectivity index is 1.55. The zero-order valence-electron chi connectivity index (χ0n) is 19.6. The quantitative estimate of drug-likeness (QED) is 0.242. The van der Waals surface area contributed by atoms with Crippen molar-refractivity contribution in [3.8, 4) is 39.6 Å². The molecule has 3 heteroatoms. The van der Waals surface area contributed by atoms with Crippen LogP contribution in [-0.2, 0) is 7.05 Å². The number of benzene rings is 4. The van der Waals surface area contributed by atoms with Crippen molar-refractivity contribution in [2.75, 3.05) is 0 Å². The normalized spacial score (nSPS) is 11.1. The number of nitriles is 1. The van der Waals surface area contributed by atoms with Gasteiger partial charge in [0.15, 0.2) is 6.20 Å². The summed E-state index contributed by atoms with van der Waals surface area (Å²) in [5, 5.41) is 12.6. The van der Waals surface area contributed by atoms with E-state index in [1.807, 2.05) is 12.1 Å². The maximum absolute atomic E-state index is 10.3. The molecular formula is C32H23N2S+. The van der Waals surface area contributed by atoms with Crippen molar-refractivity contribution < 1.29 is 4.57 Å². The van der Waals surface area contributed by atoms with Crippen LogP contribution in [0.25, 0.3) is 53.7 Å². The van der Waals surface area contributed by atoms with Crippen LogP contribution in [-0.4, -0.2) is 0 Å². The molecule has 6 aromatic rings. The van der Waals surface area contributed by atoms with E-state index >= 15 is 0 Å². The number of rotatable bonds is 3. The molecule has 0 bridgehead atoms. The molecule has 0 fully saturated rings. The van der Waals surface area contributed by atoms with Crippen LogP contribution in [0.2, 0.25) is 0 Å². The van der Waals surface area contributed by atoms with Gasteiger partial charge in [0.2, 0.25) is 5.69 Å². The molecule has 0 aliphatic heterocycles. The van der Waals surface area contributed by atoms with Crippen molar-refractivity contribution in [1.29, 1.82) is 5.26 Å². The molecule has 0 atom stereocenters. The fourth-order valence-corrected chi connectivity index (χ4v) is 6.33. The Labute approximate surface area is 209 Å². The summed E-state index contributed by atoms with van der Waals surface area (Å²) >= 11 is 1.73. The monoisotopic (exact) mass is 467 g/mol. The topological polar surface area (TPSA) is 27.7 Å². The Morgan fingerprint density at radius 1 is 0.686 bits per heavy atom. The van der Waals surface area contributed by atoms with Gasteiger partial charge in [-0.1, -0.05) is 78.9 Å². The molecule has 6 rings (SSSR count). The van der Waals surface area contributed by atoms with Crippen LogP contribution >= 0.6 is 11.3 Å². The van der Waals surface area contributed by atoms with Crippen molar-refractivity contribution in [2.45, 2.75) is 6.92 Å². The summed E-state index contributed by atoms with van der Waals surface area (Å²) in [6.45, 7) is 2.16. The summed E-state index contributed by atoms with van der Waals surface area (Å²) < 4.78 is 4.45. The van der Waals surface area contributed by atoms with Crippen molar-refractivity contribution in [3.05, 3.63) is 114 Å². The first-order valence-corrected chi connectivity index (χ1v) is 12.5. The minimum Gasteiger partial charge on any atom is -0.201 e. The lowest BCUT2D eigenvalue weighted by atomic mass is 9.95. The van der Waals surface area contributed by atoms with Crippen LogP contribution in [0.1, 0.15) is 11.1 Å². The molecule has 0 unspecified atom stereocenters. The standard InChI is InChI=1S/C32H23N2S/c1-21-11-16-27-26-18-17-25(24-14-12-23(13-15-24)22-8-4-3-5-9-22)28(20-33)31(26)35-32(27)30(21)29-10-6-7-19-34(29)2/h3-19H,1-2H3/q+1. The van der Waals surface area contributed by atoms with Gasteiger partial charge in [-0.05, 0) is 35.2 Å². The van der Waals surface area contributed by atoms with Crippen LogP contribution in [0, 0.1) is 18.3 Å². The molecule has 0 aliphatic rings. The summed E-state index contributed by atoms with van der Waals surface area (Å²) in [6, 6.07) is 36.4. The third-order valence-corrected chi connectivity index (χ3v) is 8.00. The fraction of sp³-hybridized carbons (Fsp3) is 0.0625. The smallest absolute Gasteiger partial charge is 0.201 e. The largest absolute Gasteiger partial charge is 0.213 e. The first-order chi connectivity index (χ1) is 17.2. The first-order valence-electron chi connectivity index (χ1n) is 11.7. The molecule has 4 aromatic carbocycles. The second-order valence-electron chi connectivity index (χ2n) is 8.85. The van der Waals surface area contributed by atoms with Crippen molar-refractivity contribution >= 4 is 31.5 Å². The van der Waals surface area contributed by atoms with Crippen LogP contribution < -0.4 is 4.57 Å². The van der Waals surface area contributed by atoms with Gasteiger partial charge in [0.1, 0.15) is 13.1 Å². The van der Waals surface area contributed by atoms with E-state index in [-0.39, 0.29) is 0 Å².